The molecule has 2 heterocycles. The van der Waals surface area contributed by atoms with Crippen LogP contribution in [0.25, 0.3) is 0 Å². The molecule has 1 fully saturated rings. The number of likely N-dealkylation sites (tertiary alicyclic amines) is 1. The van der Waals surface area contributed by atoms with E-state index in [0.717, 1.165) is 50.1 Å². The summed E-state index contributed by atoms with van der Waals surface area (Å²) in [5.41, 5.74) is 2.21. The zero-order chi connectivity index (χ0) is 18.0. The first-order valence-electron chi connectivity index (χ1n) is 9.26. The number of carbonyl (C=O) groups excluding carboxylic acids is 1. The summed E-state index contributed by atoms with van der Waals surface area (Å²) in [5.74, 6) is 0.102. The quantitative estimate of drug-likeness (QED) is 0.892. The minimum absolute atomic E-state index is 0.0643. The monoisotopic (exact) mass is 364 g/mol. The van der Waals surface area contributed by atoms with Crippen molar-refractivity contribution in [1.82, 2.24) is 9.80 Å². The van der Waals surface area contributed by atoms with E-state index in [0.29, 0.717) is 6.54 Å². The van der Waals surface area contributed by atoms with Crippen LogP contribution in [0.3, 0.4) is 0 Å². The lowest BCUT2D eigenvalue weighted by Gasteiger charge is -2.26. The van der Waals surface area contributed by atoms with Crippen molar-refractivity contribution in [3.8, 4) is 0 Å². The minimum Gasteiger partial charge on any atom is -0.480 e. The van der Waals surface area contributed by atoms with Gasteiger partial charge in [0.25, 0.3) is 5.91 Å². The van der Waals surface area contributed by atoms with Crippen molar-refractivity contribution in [3.63, 3.8) is 0 Å². The van der Waals surface area contributed by atoms with Crippen LogP contribution >= 0.6 is 11.3 Å². The fourth-order valence-corrected chi connectivity index (χ4v) is 5.33. The maximum absolute atomic E-state index is 13.0. The molecule has 3 rings (SSSR count). The minimum atomic E-state index is -0.793. The second kappa shape index (κ2) is 7.87. The first-order valence-corrected chi connectivity index (χ1v) is 10.1. The first kappa shape index (κ1) is 18.4. The van der Waals surface area contributed by atoms with E-state index in [1.54, 1.807) is 11.3 Å². The van der Waals surface area contributed by atoms with Gasteiger partial charge in [0.15, 0.2) is 0 Å². The standard InChI is InChI=1S/C19H28N2O3S/c1-13-5-6-15-16(12-25-17(15)10-13)19(24)21-8-3-4-14(7-9-21)20(2)11-18(22)23/h12-14H,3-11H2,1-2H3,(H,22,23)/t13-,14-/m0/s1. The first-order chi connectivity index (χ1) is 12.0. The Morgan fingerprint density at radius 1 is 1.32 bits per heavy atom. The van der Waals surface area contributed by atoms with E-state index in [-0.39, 0.29) is 18.5 Å². The van der Waals surface area contributed by atoms with Crippen LogP contribution < -0.4 is 0 Å². The highest BCUT2D eigenvalue weighted by Gasteiger charge is 2.28. The van der Waals surface area contributed by atoms with E-state index in [1.165, 1.54) is 16.9 Å². The lowest BCUT2D eigenvalue weighted by atomic mass is 9.88. The Bertz CT molecular complexity index is 643. The van der Waals surface area contributed by atoms with E-state index < -0.39 is 5.97 Å². The summed E-state index contributed by atoms with van der Waals surface area (Å²) in [6, 6.07) is 0.242. The van der Waals surface area contributed by atoms with Crippen LogP contribution in [-0.4, -0.2) is 59.5 Å². The molecular formula is C19H28N2O3S. The zero-order valence-corrected chi connectivity index (χ0v) is 16.0. The average Bonchev–Trinajstić information content (AvgIpc) is 2.81. The maximum atomic E-state index is 13.0. The van der Waals surface area contributed by atoms with Gasteiger partial charge in [0.2, 0.25) is 0 Å². The molecule has 0 unspecified atom stereocenters. The van der Waals surface area contributed by atoms with Crippen LogP contribution in [0.2, 0.25) is 0 Å². The summed E-state index contributed by atoms with van der Waals surface area (Å²) in [7, 11) is 1.87. The number of nitrogens with zero attached hydrogens (tertiary/aromatic N) is 2. The summed E-state index contributed by atoms with van der Waals surface area (Å²) in [6.45, 7) is 3.84. The van der Waals surface area contributed by atoms with Crippen LogP contribution in [0.5, 0.6) is 0 Å². The Labute approximate surface area is 153 Å². The third-order valence-corrected chi connectivity index (χ3v) is 6.68. The smallest absolute Gasteiger partial charge is 0.317 e. The van der Waals surface area contributed by atoms with Gasteiger partial charge >= 0.3 is 5.97 Å². The van der Waals surface area contributed by atoms with Gasteiger partial charge in [-0.15, -0.1) is 11.3 Å². The molecule has 5 nitrogen and oxygen atoms in total. The molecule has 1 aromatic heterocycles. The number of thiophene rings is 1. The molecule has 0 saturated carbocycles. The highest BCUT2D eigenvalue weighted by Crippen LogP contribution is 2.33. The van der Waals surface area contributed by atoms with Gasteiger partial charge in [-0.2, -0.15) is 0 Å². The van der Waals surface area contributed by atoms with Gasteiger partial charge in [0.1, 0.15) is 0 Å². The number of rotatable bonds is 4. The number of carboxylic acids is 1. The SMILES string of the molecule is C[C@H]1CCc2c(C(=O)N3CCC[C@H](N(C)CC(=O)O)CC3)csc2C1. The largest absolute Gasteiger partial charge is 0.480 e. The predicted molar refractivity (Wildman–Crippen MR) is 99.3 cm³/mol. The van der Waals surface area contributed by atoms with E-state index in [1.807, 2.05) is 16.8 Å². The Morgan fingerprint density at radius 3 is 2.88 bits per heavy atom. The van der Waals surface area contributed by atoms with Crippen molar-refractivity contribution in [2.45, 2.75) is 51.5 Å². The number of carbonyl (C=O) groups is 2. The highest BCUT2D eigenvalue weighted by molar-refractivity contribution is 7.10. The van der Waals surface area contributed by atoms with Crippen LogP contribution in [0, 0.1) is 5.92 Å². The molecule has 1 aromatic rings. The van der Waals surface area contributed by atoms with Gasteiger partial charge in [-0.1, -0.05) is 6.92 Å². The van der Waals surface area contributed by atoms with Crippen molar-refractivity contribution in [1.29, 1.82) is 0 Å². The number of hydrogen-bond donors (Lipinski definition) is 1. The Kier molecular flexibility index (Phi) is 5.79. The van der Waals surface area contributed by atoms with Crippen LogP contribution in [0.1, 0.15) is 53.4 Å². The summed E-state index contributed by atoms with van der Waals surface area (Å²) < 4.78 is 0. The summed E-state index contributed by atoms with van der Waals surface area (Å²) in [6.07, 6.45) is 6.04. The molecule has 25 heavy (non-hydrogen) atoms. The molecule has 0 spiro atoms. The molecule has 1 saturated heterocycles. The number of hydrogen-bond acceptors (Lipinski definition) is 4. The average molecular weight is 365 g/mol. The van der Waals surface area contributed by atoms with Crippen LogP contribution in [0.4, 0.5) is 0 Å². The lowest BCUT2D eigenvalue weighted by molar-refractivity contribution is -0.138. The van der Waals surface area contributed by atoms with E-state index in [9.17, 15) is 9.59 Å². The Morgan fingerprint density at radius 2 is 2.12 bits per heavy atom. The summed E-state index contributed by atoms with van der Waals surface area (Å²) in [5, 5.41) is 11.0. The topological polar surface area (TPSA) is 60.9 Å². The highest BCUT2D eigenvalue weighted by atomic mass is 32.1. The second-order valence-corrected chi connectivity index (χ2v) is 8.55. The van der Waals surface area contributed by atoms with Gasteiger partial charge in [0, 0.05) is 29.4 Å². The van der Waals surface area contributed by atoms with E-state index >= 15 is 0 Å². The molecule has 1 aliphatic carbocycles. The molecule has 1 N–H and O–H groups in total. The molecule has 2 aliphatic rings. The number of likely N-dealkylation sites (N-methyl/N-ethyl adjacent to an activating group) is 1. The van der Waals surface area contributed by atoms with Crippen molar-refractivity contribution in [3.05, 3.63) is 21.4 Å². The van der Waals surface area contributed by atoms with Crippen molar-refractivity contribution >= 4 is 23.2 Å². The number of aliphatic carboxylic acids is 1. The lowest BCUT2D eigenvalue weighted by Crippen LogP contribution is -2.37. The third-order valence-electron chi connectivity index (χ3n) is 5.62. The number of carboxylic acid groups (broad SMARTS) is 1. The Balaban J connectivity index is 1.65. The van der Waals surface area contributed by atoms with Crippen molar-refractivity contribution in [2.75, 3.05) is 26.7 Å². The fourth-order valence-electron chi connectivity index (χ4n) is 4.09. The maximum Gasteiger partial charge on any atom is 0.317 e. The number of fused-ring (bicyclic) bond motifs is 1. The molecule has 138 valence electrons. The molecule has 0 radical (unpaired) electrons. The van der Waals surface area contributed by atoms with Gasteiger partial charge in [-0.25, -0.2) is 0 Å². The molecule has 1 aliphatic heterocycles. The fraction of sp³-hybridized carbons (Fsp3) is 0.684. The summed E-state index contributed by atoms with van der Waals surface area (Å²) in [4.78, 5) is 29.3. The zero-order valence-electron chi connectivity index (χ0n) is 15.2. The van der Waals surface area contributed by atoms with Crippen LogP contribution in [0.15, 0.2) is 5.38 Å². The van der Waals surface area contributed by atoms with Gasteiger partial charge < -0.3 is 10.0 Å². The molecular weight excluding hydrogens is 336 g/mol. The van der Waals surface area contributed by atoms with Gasteiger partial charge in [-0.3, -0.25) is 14.5 Å². The molecule has 2 atom stereocenters. The molecule has 1 amide bonds. The number of amides is 1. The van der Waals surface area contributed by atoms with Crippen LogP contribution in [-0.2, 0) is 17.6 Å². The van der Waals surface area contributed by atoms with Crippen molar-refractivity contribution < 1.29 is 14.7 Å². The van der Waals surface area contributed by atoms with E-state index in [4.69, 9.17) is 5.11 Å². The third kappa shape index (κ3) is 4.23. The summed E-state index contributed by atoms with van der Waals surface area (Å²) >= 11 is 1.74. The van der Waals surface area contributed by atoms with Crippen molar-refractivity contribution in [2.24, 2.45) is 5.92 Å². The normalized spacial score (nSPS) is 24.0. The van der Waals surface area contributed by atoms with Gasteiger partial charge in [0.05, 0.1) is 12.1 Å². The molecule has 0 aromatic carbocycles. The predicted octanol–water partition coefficient (Wildman–Crippen LogP) is 2.88. The van der Waals surface area contributed by atoms with E-state index in [2.05, 4.69) is 12.3 Å². The molecule has 0 bridgehead atoms. The molecule has 6 heteroatoms. The Hall–Kier alpha value is -1.40. The van der Waals surface area contributed by atoms with Gasteiger partial charge in [-0.05, 0) is 57.1 Å². The second-order valence-electron chi connectivity index (χ2n) is 7.58.